The third-order valence-corrected chi connectivity index (χ3v) is 4.44. The number of anilines is 1. The van der Waals surface area contributed by atoms with Crippen molar-refractivity contribution in [2.45, 2.75) is 6.92 Å². The molecule has 4 rings (SSSR count). The number of pyridine rings is 2. The van der Waals surface area contributed by atoms with Crippen LogP contribution in [-0.2, 0) is 0 Å². The number of nitrogen functional groups attached to an aromatic ring is 1. The minimum Gasteiger partial charge on any atom is -0.398 e. The van der Waals surface area contributed by atoms with E-state index in [1.54, 1.807) is 22.9 Å². The van der Waals surface area contributed by atoms with Crippen LogP contribution in [0.4, 0.5) is 5.69 Å². The molecule has 5 heteroatoms. The van der Waals surface area contributed by atoms with E-state index < -0.39 is 0 Å². The van der Waals surface area contributed by atoms with Crippen LogP contribution in [0.2, 0.25) is 5.02 Å². The molecule has 0 spiro atoms. The lowest BCUT2D eigenvalue weighted by Crippen LogP contribution is -2.18. The lowest BCUT2D eigenvalue weighted by molar-refractivity contribution is 1.05. The quantitative estimate of drug-likeness (QED) is 0.421. The predicted molar refractivity (Wildman–Crippen MR) is 99.0 cm³/mol. The highest BCUT2D eigenvalue weighted by Gasteiger charge is 2.11. The summed E-state index contributed by atoms with van der Waals surface area (Å²) in [6, 6.07) is 14.4. The van der Waals surface area contributed by atoms with Crippen LogP contribution in [0, 0.1) is 6.92 Å². The second-order valence-electron chi connectivity index (χ2n) is 5.77. The molecule has 0 saturated heterocycles. The van der Waals surface area contributed by atoms with Crippen LogP contribution in [0.25, 0.3) is 27.5 Å². The van der Waals surface area contributed by atoms with Gasteiger partial charge < -0.3 is 5.73 Å². The summed E-state index contributed by atoms with van der Waals surface area (Å²) >= 11 is 6.17. The molecule has 2 heterocycles. The van der Waals surface area contributed by atoms with E-state index in [1.807, 2.05) is 37.3 Å². The van der Waals surface area contributed by atoms with Crippen molar-refractivity contribution in [3.8, 4) is 5.69 Å². The Balaban J connectivity index is 2.21. The first-order chi connectivity index (χ1) is 11.5. The Morgan fingerprint density at radius 1 is 1.08 bits per heavy atom. The molecule has 24 heavy (non-hydrogen) atoms. The Hall–Kier alpha value is -2.85. The molecule has 2 aromatic heterocycles. The van der Waals surface area contributed by atoms with Crippen molar-refractivity contribution in [1.82, 2.24) is 9.55 Å². The molecule has 0 radical (unpaired) electrons. The summed E-state index contributed by atoms with van der Waals surface area (Å²) in [5, 5.41) is 2.29. The van der Waals surface area contributed by atoms with Gasteiger partial charge in [0.15, 0.2) is 0 Å². The average molecular weight is 336 g/mol. The first-order valence-electron chi connectivity index (χ1n) is 7.51. The third-order valence-electron chi connectivity index (χ3n) is 4.20. The van der Waals surface area contributed by atoms with Crippen molar-refractivity contribution >= 4 is 39.1 Å². The van der Waals surface area contributed by atoms with Gasteiger partial charge in [-0.1, -0.05) is 17.7 Å². The van der Waals surface area contributed by atoms with E-state index >= 15 is 0 Å². The van der Waals surface area contributed by atoms with Crippen LogP contribution in [-0.4, -0.2) is 9.55 Å². The van der Waals surface area contributed by atoms with Crippen molar-refractivity contribution in [3.63, 3.8) is 0 Å². The van der Waals surface area contributed by atoms with Crippen LogP contribution in [0.1, 0.15) is 5.56 Å². The Labute approximate surface area is 143 Å². The standard InChI is InChI=1S/C19H14ClN3O/c1-11-2-5-14(9-16(11)21)23-18(24)7-3-12-10-22-17-6-4-13(20)8-15(17)19(12)23/h2-10H,21H2,1H3. The molecule has 0 aliphatic carbocycles. The molecular formula is C19H14ClN3O. The topological polar surface area (TPSA) is 60.9 Å². The Morgan fingerprint density at radius 2 is 1.92 bits per heavy atom. The number of rotatable bonds is 1. The summed E-state index contributed by atoms with van der Waals surface area (Å²) in [4.78, 5) is 17.1. The molecule has 2 N–H and O–H groups in total. The maximum Gasteiger partial charge on any atom is 0.255 e. The number of halogens is 1. The molecule has 4 aromatic rings. The van der Waals surface area contributed by atoms with Gasteiger partial charge in [0, 0.05) is 33.7 Å². The van der Waals surface area contributed by atoms with Crippen LogP contribution in [0.15, 0.2) is 59.5 Å². The van der Waals surface area contributed by atoms with Gasteiger partial charge in [-0.2, -0.15) is 0 Å². The summed E-state index contributed by atoms with van der Waals surface area (Å²) < 4.78 is 1.66. The van der Waals surface area contributed by atoms with Gasteiger partial charge in [0.25, 0.3) is 5.56 Å². The first kappa shape index (κ1) is 14.7. The lowest BCUT2D eigenvalue weighted by Gasteiger charge is -2.13. The monoisotopic (exact) mass is 335 g/mol. The zero-order chi connectivity index (χ0) is 16.8. The maximum absolute atomic E-state index is 12.6. The van der Waals surface area contributed by atoms with Crippen LogP contribution < -0.4 is 11.3 Å². The van der Waals surface area contributed by atoms with Crippen molar-refractivity contribution in [2.75, 3.05) is 5.73 Å². The normalized spacial score (nSPS) is 11.2. The van der Waals surface area contributed by atoms with Gasteiger partial charge in [0.05, 0.1) is 16.7 Å². The zero-order valence-corrected chi connectivity index (χ0v) is 13.7. The van der Waals surface area contributed by atoms with Gasteiger partial charge in [-0.05, 0) is 48.9 Å². The minimum atomic E-state index is -0.127. The van der Waals surface area contributed by atoms with Gasteiger partial charge >= 0.3 is 0 Å². The highest BCUT2D eigenvalue weighted by molar-refractivity contribution is 6.31. The van der Waals surface area contributed by atoms with Crippen molar-refractivity contribution in [1.29, 1.82) is 0 Å². The Morgan fingerprint density at radius 3 is 2.71 bits per heavy atom. The molecule has 118 valence electrons. The number of fused-ring (bicyclic) bond motifs is 3. The van der Waals surface area contributed by atoms with Crippen molar-refractivity contribution in [3.05, 3.63) is 75.7 Å². The first-order valence-corrected chi connectivity index (χ1v) is 7.89. The molecule has 0 unspecified atom stereocenters. The van der Waals surface area contributed by atoms with E-state index in [9.17, 15) is 4.79 Å². The van der Waals surface area contributed by atoms with E-state index in [0.29, 0.717) is 10.7 Å². The van der Waals surface area contributed by atoms with Crippen molar-refractivity contribution < 1.29 is 0 Å². The summed E-state index contributed by atoms with van der Waals surface area (Å²) in [7, 11) is 0. The lowest BCUT2D eigenvalue weighted by atomic mass is 10.1. The van der Waals surface area contributed by atoms with Gasteiger partial charge in [0.2, 0.25) is 0 Å². The number of benzene rings is 2. The zero-order valence-electron chi connectivity index (χ0n) is 13.0. The molecule has 0 saturated carbocycles. The molecular weight excluding hydrogens is 322 g/mol. The van der Waals surface area contributed by atoms with Crippen molar-refractivity contribution in [2.24, 2.45) is 0 Å². The number of aryl methyl sites for hydroxylation is 1. The highest BCUT2D eigenvalue weighted by atomic mass is 35.5. The summed E-state index contributed by atoms with van der Waals surface area (Å²) in [6.45, 7) is 1.93. The van der Waals surface area contributed by atoms with Gasteiger partial charge in [-0.3, -0.25) is 14.3 Å². The fourth-order valence-corrected chi connectivity index (χ4v) is 3.08. The fraction of sp³-hybridized carbons (Fsp3) is 0.0526. The number of hydrogen-bond donors (Lipinski definition) is 1. The molecule has 0 fully saturated rings. The SMILES string of the molecule is Cc1ccc(-n2c(=O)ccc3cnc4ccc(Cl)cc4c32)cc1N. The average Bonchev–Trinajstić information content (AvgIpc) is 2.57. The second-order valence-corrected chi connectivity index (χ2v) is 6.21. The largest absolute Gasteiger partial charge is 0.398 e. The fourth-order valence-electron chi connectivity index (χ4n) is 2.91. The van der Waals surface area contributed by atoms with E-state index in [1.165, 1.54) is 6.07 Å². The van der Waals surface area contributed by atoms with E-state index in [2.05, 4.69) is 4.98 Å². The smallest absolute Gasteiger partial charge is 0.255 e. The predicted octanol–water partition coefficient (Wildman–Crippen LogP) is 4.08. The number of hydrogen-bond acceptors (Lipinski definition) is 3. The van der Waals surface area contributed by atoms with Gasteiger partial charge in [-0.25, -0.2) is 0 Å². The molecule has 0 atom stereocenters. The molecule has 0 aliphatic heterocycles. The minimum absolute atomic E-state index is 0.127. The molecule has 0 aliphatic rings. The Kier molecular flexibility index (Phi) is 3.28. The summed E-state index contributed by atoms with van der Waals surface area (Å²) in [5.41, 5.74) is 9.82. The second kappa shape index (κ2) is 5.35. The number of aromatic nitrogens is 2. The molecule has 0 amide bonds. The van der Waals surface area contributed by atoms with Crippen LogP contribution in [0.5, 0.6) is 0 Å². The Bertz CT molecular complexity index is 1160. The summed E-state index contributed by atoms with van der Waals surface area (Å²) in [5.74, 6) is 0. The molecule has 4 nitrogen and oxygen atoms in total. The van der Waals surface area contributed by atoms with Gasteiger partial charge in [0.1, 0.15) is 0 Å². The van der Waals surface area contributed by atoms with E-state index in [0.717, 1.165) is 33.1 Å². The van der Waals surface area contributed by atoms with Gasteiger partial charge in [-0.15, -0.1) is 0 Å². The van der Waals surface area contributed by atoms with E-state index in [-0.39, 0.29) is 5.56 Å². The van der Waals surface area contributed by atoms with E-state index in [4.69, 9.17) is 17.3 Å². The molecule has 0 bridgehead atoms. The number of nitrogens with zero attached hydrogens (tertiary/aromatic N) is 2. The number of nitrogens with two attached hydrogens (primary N) is 1. The summed E-state index contributed by atoms with van der Waals surface area (Å²) in [6.07, 6.45) is 1.76. The van der Waals surface area contributed by atoms with Crippen LogP contribution >= 0.6 is 11.6 Å². The maximum atomic E-state index is 12.6. The molecule has 2 aromatic carbocycles. The van der Waals surface area contributed by atoms with Crippen LogP contribution in [0.3, 0.4) is 0 Å². The third kappa shape index (κ3) is 2.23. The highest BCUT2D eigenvalue weighted by Crippen LogP contribution is 2.27.